The lowest BCUT2D eigenvalue weighted by Crippen LogP contribution is -2.38. The average molecular weight is 437 g/mol. The largest absolute Gasteiger partial charge is 0.481 e. The van der Waals surface area contributed by atoms with Crippen LogP contribution in [0.1, 0.15) is 12.5 Å². The fourth-order valence-electron chi connectivity index (χ4n) is 3.81. The van der Waals surface area contributed by atoms with Gasteiger partial charge in [-0.1, -0.05) is 0 Å². The van der Waals surface area contributed by atoms with Crippen LogP contribution < -0.4 is 19.9 Å². The topological polar surface area (TPSA) is 87.1 Å². The minimum Gasteiger partial charge on any atom is -0.481 e. The molecule has 2 saturated heterocycles. The molecule has 2 aromatic rings. The van der Waals surface area contributed by atoms with Crippen LogP contribution in [0.3, 0.4) is 0 Å². The van der Waals surface area contributed by atoms with Crippen molar-refractivity contribution in [2.24, 2.45) is 0 Å². The number of anilines is 3. The molecule has 0 aromatic heterocycles. The maximum atomic E-state index is 12.9. The second-order valence-corrected chi connectivity index (χ2v) is 7.79. The first-order chi connectivity index (χ1) is 15.6. The summed E-state index contributed by atoms with van der Waals surface area (Å²) >= 11 is 0. The molecule has 2 fully saturated rings. The van der Waals surface area contributed by atoms with Crippen LogP contribution in [0.15, 0.2) is 42.5 Å². The molecule has 8 heteroatoms. The summed E-state index contributed by atoms with van der Waals surface area (Å²) in [4.78, 5) is 17.4. The van der Waals surface area contributed by atoms with E-state index in [1.807, 2.05) is 12.1 Å². The number of hydrogen-bond donors (Lipinski definition) is 1. The number of carbonyl (C=O) groups excluding carboxylic acids is 1. The van der Waals surface area contributed by atoms with E-state index in [-0.39, 0.29) is 5.91 Å². The molecular formula is C24H28N4O4. The molecule has 0 bridgehead atoms. The molecule has 1 N–H and O–H groups in total. The maximum Gasteiger partial charge on any atom is 0.265 e. The monoisotopic (exact) mass is 436 g/mol. The average Bonchev–Trinajstić information content (AvgIpc) is 2.85. The Hall–Kier alpha value is -3.28. The molecule has 168 valence electrons. The van der Waals surface area contributed by atoms with Crippen molar-refractivity contribution in [2.75, 3.05) is 67.7 Å². The lowest BCUT2D eigenvalue weighted by Gasteiger charge is -2.33. The number of benzene rings is 2. The van der Waals surface area contributed by atoms with E-state index in [1.54, 1.807) is 31.2 Å². The third-order valence-electron chi connectivity index (χ3n) is 5.63. The highest BCUT2D eigenvalue weighted by Crippen LogP contribution is 2.32. The van der Waals surface area contributed by atoms with Gasteiger partial charge in [0.05, 0.1) is 49.4 Å². The van der Waals surface area contributed by atoms with Crippen molar-refractivity contribution in [2.45, 2.75) is 13.0 Å². The number of carbonyl (C=O) groups is 1. The van der Waals surface area contributed by atoms with Gasteiger partial charge in [-0.15, -0.1) is 0 Å². The van der Waals surface area contributed by atoms with Crippen molar-refractivity contribution in [3.05, 3.63) is 48.0 Å². The van der Waals surface area contributed by atoms with Crippen LogP contribution in [0, 0.1) is 11.3 Å². The van der Waals surface area contributed by atoms with Gasteiger partial charge in [0.15, 0.2) is 6.10 Å². The van der Waals surface area contributed by atoms with Gasteiger partial charge >= 0.3 is 0 Å². The van der Waals surface area contributed by atoms with Crippen molar-refractivity contribution in [1.82, 2.24) is 0 Å². The van der Waals surface area contributed by atoms with Crippen LogP contribution >= 0.6 is 0 Å². The van der Waals surface area contributed by atoms with Gasteiger partial charge in [-0.3, -0.25) is 4.79 Å². The molecule has 1 atom stereocenters. The lowest BCUT2D eigenvalue weighted by molar-refractivity contribution is -0.122. The quantitative estimate of drug-likeness (QED) is 0.745. The van der Waals surface area contributed by atoms with Gasteiger partial charge in [0.25, 0.3) is 5.91 Å². The fourth-order valence-corrected chi connectivity index (χ4v) is 3.81. The Kier molecular flexibility index (Phi) is 7.10. The summed E-state index contributed by atoms with van der Waals surface area (Å²) in [6.45, 7) is 7.71. The molecule has 0 spiro atoms. The van der Waals surface area contributed by atoms with E-state index in [9.17, 15) is 4.79 Å². The molecular weight excluding hydrogens is 408 g/mol. The molecule has 4 rings (SSSR count). The molecule has 0 saturated carbocycles. The zero-order valence-electron chi connectivity index (χ0n) is 18.3. The second-order valence-electron chi connectivity index (χ2n) is 7.79. The highest BCUT2D eigenvalue weighted by atomic mass is 16.5. The molecule has 1 amide bonds. The standard InChI is InChI=1S/C24H28N4O4/c1-18(32-21-5-2-19(17-25)3-6-21)24(29)26-22-7-4-20(27-8-12-30-13-9-27)16-23(22)28-10-14-31-15-11-28/h2-7,16,18H,8-15H2,1H3,(H,26,29). The lowest BCUT2D eigenvalue weighted by atomic mass is 10.1. The highest BCUT2D eigenvalue weighted by molar-refractivity contribution is 5.97. The normalized spacial score (nSPS) is 17.4. The number of rotatable bonds is 6. The van der Waals surface area contributed by atoms with Crippen LogP contribution in [0.4, 0.5) is 17.1 Å². The summed E-state index contributed by atoms with van der Waals surface area (Å²) in [6.07, 6.45) is -0.695. The van der Waals surface area contributed by atoms with Gasteiger partial charge in [-0.05, 0) is 49.4 Å². The molecule has 2 aliphatic rings. The van der Waals surface area contributed by atoms with Crippen LogP contribution in [0.25, 0.3) is 0 Å². The zero-order valence-corrected chi connectivity index (χ0v) is 18.3. The van der Waals surface area contributed by atoms with Crippen molar-refractivity contribution in [1.29, 1.82) is 5.26 Å². The highest BCUT2D eigenvalue weighted by Gasteiger charge is 2.22. The van der Waals surface area contributed by atoms with Crippen LogP contribution in [-0.2, 0) is 14.3 Å². The number of nitriles is 1. The van der Waals surface area contributed by atoms with Crippen LogP contribution in [0.5, 0.6) is 5.75 Å². The number of morpholine rings is 2. The summed E-state index contributed by atoms with van der Waals surface area (Å²) < 4.78 is 16.8. The zero-order chi connectivity index (χ0) is 22.3. The number of nitrogens with zero attached hydrogens (tertiary/aromatic N) is 3. The Morgan fingerprint density at radius 3 is 2.25 bits per heavy atom. The van der Waals surface area contributed by atoms with Gasteiger partial charge in [-0.25, -0.2) is 0 Å². The van der Waals surface area contributed by atoms with E-state index in [0.29, 0.717) is 24.5 Å². The third-order valence-corrected chi connectivity index (χ3v) is 5.63. The minimum atomic E-state index is -0.695. The fraction of sp³-hybridized carbons (Fsp3) is 0.417. The van der Waals surface area contributed by atoms with Gasteiger partial charge < -0.3 is 29.3 Å². The van der Waals surface area contributed by atoms with Gasteiger partial charge in [-0.2, -0.15) is 5.26 Å². The Morgan fingerprint density at radius 2 is 1.62 bits per heavy atom. The second kappa shape index (κ2) is 10.4. The van der Waals surface area contributed by atoms with Gasteiger partial charge in [0.2, 0.25) is 0 Å². The molecule has 32 heavy (non-hydrogen) atoms. The minimum absolute atomic E-state index is 0.233. The first-order valence-electron chi connectivity index (χ1n) is 10.9. The summed E-state index contributed by atoms with van der Waals surface area (Å²) in [5.41, 5.74) is 3.40. The van der Waals surface area contributed by atoms with Crippen molar-refractivity contribution < 1.29 is 19.0 Å². The van der Waals surface area contributed by atoms with Crippen molar-refractivity contribution in [3.8, 4) is 11.8 Å². The molecule has 2 aliphatic heterocycles. The molecule has 1 unspecified atom stereocenters. The predicted molar refractivity (Wildman–Crippen MR) is 122 cm³/mol. The van der Waals surface area contributed by atoms with Crippen LogP contribution in [0.2, 0.25) is 0 Å². The number of hydrogen-bond acceptors (Lipinski definition) is 7. The predicted octanol–water partition coefficient (Wildman–Crippen LogP) is 2.64. The number of nitrogens with one attached hydrogen (secondary N) is 1. The van der Waals surface area contributed by atoms with Crippen molar-refractivity contribution >= 4 is 23.0 Å². The Labute approximate surface area is 188 Å². The molecule has 8 nitrogen and oxygen atoms in total. The molecule has 0 radical (unpaired) electrons. The van der Waals surface area contributed by atoms with E-state index < -0.39 is 6.10 Å². The summed E-state index contributed by atoms with van der Waals surface area (Å²) in [5, 5.41) is 12.0. The SMILES string of the molecule is CC(Oc1ccc(C#N)cc1)C(=O)Nc1ccc(N2CCOCC2)cc1N1CCOCC1. The summed E-state index contributed by atoms with van der Waals surface area (Å²) in [5.74, 6) is 0.311. The third kappa shape index (κ3) is 5.31. The number of ether oxygens (including phenoxy) is 3. The first kappa shape index (κ1) is 21.9. The van der Waals surface area contributed by atoms with Crippen molar-refractivity contribution in [3.63, 3.8) is 0 Å². The molecule has 2 aromatic carbocycles. The first-order valence-corrected chi connectivity index (χ1v) is 10.9. The van der Waals surface area contributed by atoms with E-state index in [2.05, 4.69) is 27.3 Å². The van der Waals surface area contributed by atoms with E-state index in [1.165, 1.54) is 0 Å². The number of amides is 1. The summed E-state index contributed by atoms with van der Waals surface area (Å²) in [6, 6.07) is 14.9. The Bertz CT molecular complexity index is 961. The smallest absolute Gasteiger partial charge is 0.265 e. The van der Waals surface area contributed by atoms with Gasteiger partial charge in [0, 0.05) is 31.9 Å². The molecule has 2 heterocycles. The summed E-state index contributed by atoms with van der Waals surface area (Å²) in [7, 11) is 0. The maximum absolute atomic E-state index is 12.9. The van der Waals surface area contributed by atoms with E-state index in [0.717, 1.165) is 56.5 Å². The van der Waals surface area contributed by atoms with Crippen LogP contribution in [-0.4, -0.2) is 64.6 Å². The van der Waals surface area contributed by atoms with E-state index in [4.69, 9.17) is 19.5 Å². The Balaban J connectivity index is 1.50. The Morgan fingerprint density at radius 1 is 1.00 bits per heavy atom. The van der Waals surface area contributed by atoms with Gasteiger partial charge in [0.1, 0.15) is 5.75 Å². The van der Waals surface area contributed by atoms with E-state index >= 15 is 0 Å². The molecule has 0 aliphatic carbocycles.